The molecule has 280 valence electrons. The number of hydrogen-bond donors (Lipinski definition) is 0. The lowest BCUT2D eigenvalue weighted by molar-refractivity contribution is 0.768. The second kappa shape index (κ2) is 13.7. The average Bonchev–Trinajstić information content (AvgIpc) is 3.64. The van der Waals surface area contributed by atoms with Gasteiger partial charge >= 0.3 is 0 Å². The second-order valence-corrected chi connectivity index (χ2v) is 16.0. The van der Waals surface area contributed by atoms with Crippen molar-refractivity contribution in [3.8, 4) is 22.3 Å². The van der Waals surface area contributed by atoms with Gasteiger partial charge in [-0.15, -0.1) is 0 Å². The van der Waals surface area contributed by atoms with E-state index >= 15 is 0 Å². The minimum Gasteiger partial charge on any atom is -0.309 e. The molecule has 0 fully saturated rings. The molecule has 0 spiro atoms. The van der Waals surface area contributed by atoms with Gasteiger partial charge in [0.15, 0.2) is 0 Å². The fourth-order valence-electron chi connectivity index (χ4n) is 10.4. The first-order valence-electron chi connectivity index (χ1n) is 20.8. The summed E-state index contributed by atoms with van der Waals surface area (Å²) in [6.07, 6.45) is 0. The molecule has 1 heteroatoms. The third-order valence-electron chi connectivity index (χ3n) is 12.9. The van der Waals surface area contributed by atoms with Crippen molar-refractivity contribution in [1.82, 2.24) is 0 Å². The van der Waals surface area contributed by atoms with E-state index in [1.807, 2.05) is 0 Å². The van der Waals surface area contributed by atoms with Crippen LogP contribution in [0.4, 0.5) is 17.1 Å². The van der Waals surface area contributed by atoms with Gasteiger partial charge in [0.2, 0.25) is 0 Å². The maximum Gasteiger partial charge on any atom is 0.0714 e. The van der Waals surface area contributed by atoms with Crippen molar-refractivity contribution >= 4 is 60.2 Å². The zero-order chi connectivity index (χ0) is 39.6. The first kappa shape index (κ1) is 34.3. The number of nitrogens with zero attached hydrogens (tertiary/aromatic N) is 1. The summed E-state index contributed by atoms with van der Waals surface area (Å²) in [6, 6.07) is 87.5. The molecule has 11 aromatic rings. The van der Waals surface area contributed by atoms with Crippen molar-refractivity contribution in [3.05, 3.63) is 259 Å². The summed E-state index contributed by atoms with van der Waals surface area (Å²) in [5.41, 5.74) is 12.9. The number of anilines is 3. The van der Waals surface area contributed by atoms with Crippen LogP contribution in [0.15, 0.2) is 237 Å². The maximum absolute atomic E-state index is 2.53. The van der Waals surface area contributed by atoms with Crippen molar-refractivity contribution in [2.45, 2.75) is 5.41 Å². The molecule has 0 radical (unpaired) electrons. The van der Waals surface area contributed by atoms with Crippen LogP contribution in [0.25, 0.3) is 65.3 Å². The Labute approximate surface area is 350 Å². The Kier molecular flexibility index (Phi) is 7.83. The van der Waals surface area contributed by atoms with Crippen LogP contribution in [0, 0.1) is 0 Å². The molecule has 0 aromatic heterocycles. The molecule has 0 bridgehead atoms. The third kappa shape index (κ3) is 5.06. The zero-order valence-electron chi connectivity index (χ0n) is 33.0. The fraction of sp³-hybridized carbons (Fsp3) is 0.0169. The lowest BCUT2D eigenvalue weighted by Gasteiger charge is -2.34. The molecule has 0 heterocycles. The SMILES string of the molecule is c1ccc(C2(c3ccccc3)c3ccccc3-c3c(N(c4ccc(-c5cc6ccccc6c6ccccc56)cc4)c4cc5ccccc5c5ccccc45)cccc32)cc1. The Balaban J connectivity index is 1.15. The third-order valence-corrected chi connectivity index (χ3v) is 12.9. The molecule has 0 saturated heterocycles. The molecule has 0 unspecified atom stereocenters. The maximum atomic E-state index is 2.53. The largest absolute Gasteiger partial charge is 0.309 e. The molecule has 1 nitrogen and oxygen atoms in total. The van der Waals surface area contributed by atoms with Gasteiger partial charge in [-0.05, 0) is 107 Å². The quantitative estimate of drug-likeness (QED) is 0.153. The predicted octanol–water partition coefficient (Wildman–Crippen LogP) is 15.8. The number of rotatable bonds is 6. The summed E-state index contributed by atoms with van der Waals surface area (Å²) in [4.78, 5) is 2.53. The molecule has 12 rings (SSSR count). The first-order valence-corrected chi connectivity index (χ1v) is 20.8. The van der Waals surface area contributed by atoms with Crippen LogP contribution in [-0.4, -0.2) is 0 Å². The molecule has 60 heavy (non-hydrogen) atoms. The van der Waals surface area contributed by atoms with Gasteiger partial charge < -0.3 is 4.90 Å². The van der Waals surface area contributed by atoms with Crippen molar-refractivity contribution < 1.29 is 0 Å². The molecule has 11 aromatic carbocycles. The van der Waals surface area contributed by atoms with E-state index in [0.717, 1.165) is 17.1 Å². The highest BCUT2D eigenvalue weighted by molar-refractivity contribution is 6.16. The Hall–Kier alpha value is -7.74. The van der Waals surface area contributed by atoms with E-state index in [4.69, 9.17) is 0 Å². The topological polar surface area (TPSA) is 3.24 Å². The summed E-state index contributed by atoms with van der Waals surface area (Å²) in [6.45, 7) is 0. The van der Waals surface area contributed by atoms with Gasteiger partial charge in [0.25, 0.3) is 0 Å². The molecule has 1 aliphatic carbocycles. The van der Waals surface area contributed by atoms with Gasteiger partial charge in [0.05, 0.1) is 16.8 Å². The Bertz CT molecular complexity index is 3380. The van der Waals surface area contributed by atoms with Crippen LogP contribution >= 0.6 is 0 Å². The summed E-state index contributed by atoms with van der Waals surface area (Å²) in [5.74, 6) is 0. The van der Waals surface area contributed by atoms with Gasteiger partial charge in [0, 0.05) is 16.6 Å². The fourth-order valence-corrected chi connectivity index (χ4v) is 10.4. The van der Waals surface area contributed by atoms with Crippen LogP contribution < -0.4 is 4.90 Å². The summed E-state index contributed by atoms with van der Waals surface area (Å²) in [5, 5.41) is 9.99. The summed E-state index contributed by atoms with van der Waals surface area (Å²) < 4.78 is 0. The van der Waals surface area contributed by atoms with E-state index in [9.17, 15) is 0 Å². The molecule has 0 N–H and O–H groups in total. The Morgan fingerprint density at radius 3 is 1.47 bits per heavy atom. The molecule has 0 saturated carbocycles. The predicted molar refractivity (Wildman–Crippen MR) is 254 cm³/mol. The van der Waals surface area contributed by atoms with Gasteiger partial charge in [-0.1, -0.05) is 206 Å². The van der Waals surface area contributed by atoms with Crippen LogP contribution in [0.3, 0.4) is 0 Å². The molecule has 0 amide bonds. The van der Waals surface area contributed by atoms with Gasteiger partial charge in [-0.3, -0.25) is 0 Å². The van der Waals surface area contributed by atoms with Crippen LogP contribution in [0.5, 0.6) is 0 Å². The van der Waals surface area contributed by atoms with Gasteiger partial charge in [-0.25, -0.2) is 0 Å². The van der Waals surface area contributed by atoms with E-state index in [0.29, 0.717) is 0 Å². The minimum atomic E-state index is -0.511. The lowest BCUT2D eigenvalue weighted by atomic mass is 9.68. The highest BCUT2D eigenvalue weighted by atomic mass is 15.1. The number of benzene rings is 11. The summed E-state index contributed by atoms with van der Waals surface area (Å²) >= 11 is 0. The van der Waals surface area contributed by atoms with E-state index in [2.05, 4.69) is 241 Å². The van der Waals surface area contributed by atoms with Crippen molar-refractivity contribution in [1.29, 1.82) is 0 Å². The highest BCUT2D eigenvalue weighted by Crippen LogP contribution is 2.60. The van der Waals surface area contributed by atoms with E-state index in [1.54, 1.807) is 0 Å². The normalized spacial score (nSPS) is 12.8. The first-order chi connectivity index (χ1) is 29.8. The Morgan fingerprint density at radius 1 is 0.300 bits per heavy atom. The smallest absolute Gasteiger partial charge is 0.0714 e. The molecule has 0 atom stereocenters. The standard InChI is InChI=1S/C59H39N/c1-3-20-43(21-4-1)59(44-22-5-2-6-23-44)54-31-16-15-30-52(54)58-55(59)32-17-33-56(58)60(57-39-42-19-8-10-25-47(42)49-27-13-14-29-51(49)57)45-36-34-40(35-37-45)53-38-41-18-7-9-24-46(41)48-26-11-12-28-50(48)53/h1-39H. The monoisotopic (exact) mass is 761 g/mol. The number of hydrogen-bond acceptors (Lipinski definition) is 1. The van der Waals surface area contributed by atoms with Crippen LogP contribution in [-0.2, 0) is 5.41 Å². The minimum absolute atomic E-state index is 0.511. The second-order valence-electron chi connectivity index (χ2n) is 16.0. The lowest BCUT2D eigenvalue weighted by Crippen LogP contribution is -2.28. The molecular weight excluding hydrogens is 723 g/mol. The van der Waals surface area contributed by atoms with Crippen LogP contribution in [0.1, 0.15) is 22.3 Å². The molecular formula is C59H39N. The highest BCUT2D eigenvalue weighted by Gasteiger charge is 2.47. The van der Waals surface area contributed by atoms with E-state index < -0.39 is 5.41 Å². The van der Waals surface area contributed by atoms with Crippen molar-refractivity contribution in [2.75, 3.05) is 4.90 Å². The average molecular weight is 762 g/mol. The summed E-state index contributed by atoms with van der Waals surface area (Å²) in [7, 11) is 0. The molecule has 1 aliphatic rings. The van der Waals surface area contributed by atoms with Gasteiger partial charge in [-0.2, -0.15) is 0 Å². The van der Waals surface area contributed by atoms with Gasteiger partial charge in [0.1, 0.15) is 0 Å². The van der Waals surface area contributed by atoms with Crippen LogP contribution in [0.2, 0.25) is 0 Å². The van der Waals surface area contributed by atoms with Crippen molar-refractivity contribution in [3.63, 3.8) is 0 Å². The number of fused-ring (bicyclic) bond motifs is 9. The van der Waals surface area contributed by atoms with E-state index in [-0.39, 0.29) is 0 Å². The zero-order valence-corrected chi connectivity index (χ0v) is 33.0. The Morgan fingerprint density at radius 2 is 0.800 bits per heavy atom. The van der Waals surface area contributed by atoms with E-state index in [1.165, 1.54) is 87.6 Å². The molecule has 0 aliphatic heterocycles. The van der Waals surface area contributed by atoms with Crippen molar-refractivity contribution in [2.24, 2.45) is 0 Å².